The van der Waals surface area contributed by atoms with Crippen molar-refractivity contribution >= 4 is 11.8 Å². The quantitative estimate of drug-likeness (QED) is 0.788. The molecule has 0 amide bonds. The molecule has 0 radical (unpaired) electrons. The summed E-state index contributed by atoms with van der Waals surface area (Å²) in [6.07, 6.45) is 5.32. The number of rotatable bonds is 7. The lowest BCUT2D eigenvalue weighted by Crippen LogP contribution is -2.17. The third-order valence-electron chi connectivity index (χ3n) is 3.03. The fourth-order valence-electron chi connectivity index (χ4n) is 2.10. The van der Waals surface area contributed by atoms with Crippen LogP contribution in [0.3, 0.4) is 0 Å². The van der Waals surface area contributed by atoms with Crippen molar-refractivity contribution in [2.75, 3.05) is 18.6 Å². The minimum absolute atomic E-state index is 0.865. The largest absolute Gasteiger partial charge is 0.311 e. The summed E-state index contributed by atoms with van der Waals surface area (Å²) in [7, 11) is 0. The second-order valence-corrected chi connectivity index (χ2v) is 5.48. The summed E-state index contributed by atoms with van der Waals surface area (Å²) < 4.78 is 2.21. The molecule has 1 aromatic carbocycles. The molecular formula is C15H21N3S. The first-order valence-electron chi connectivity index (χ1n) is 6.61. The molecule has 19 heavy (non-hydrogen) atoms. The molecule has 0 saturated carbocycles. The Morgan fingerprint density at radius 1 is 1.26 bits per heavy atom. The zero-order valence-electron chi connectivity index (χ0n) is 11.6. The number of benzene rings is 1. The maximum Gasteiger partial charge on any atom is 0.110 e. The molecular weight excluding hydrogens is 254 g/mol. The summed E-state index contributed by atoms with van der Waals surface area (Å²) >= 11 is 1.89. The topological polar surface area (TPSA) is 29.9 Å². The summed E-state index contributed by atoms with van der Waals surface area (Å²) in [5, 5.41) is 3.49. The Morgan fingerprint density at radius 3 is 2.79 bits per heavy atom. The van der Waals surface area contributed by atoms with E-state index < -0.39 is 0 Å². The van der Waals surface area contributed by atoms with Crippen molar-refractivity contribution in [3.05, 3.63) is 48.0 Å². The van der Waals surface area contributed by atoms with Crippen LogP contribution in [-0.4, -0.2) is 28.1 Å². The standard InChI is InChI=1S/C15H21N3S/c1-13-17-12-15(11-16-9-6-10-19-2)18(13)14-7-4-3-5-8-14/h3-5,7-8,12,16H,6,9-11H2,1-2H3. The molecule has 0 saturated heterocycles. The van der Waals surface area contributed by atoms with Gasteiger partial charge < -0.3 is 5.32 Å². The van der Waals surface area contributed by atoms with E-state index in [4.69, 9.17) is 0 Å². The van der Waals surface area contributed by atoms with Crippen LogP contribution in [0.2, 0.25) is 0 Å². The van der Waals surface area contributed by atoms with Crippen LogP contribution in [0.15, 0.2) is 36.5 Å². The zero-order chi connectivity index (χ0) is 13.5. The Morgan fingerprint density at radius 2 is 2.05 bits per heavy atom. The summed E-state index contributed by atoms with van der Waals surface area (Å²) in [6, 6.07) is 10.4. The molecule has 2 rings (SSSR count). The molecule has 0 aliphatic rings. The van der Waals surface area contributed by atoms with Crippen LogP contribution in [0.1, 0.15) is 17.9 Å². The molecule has 3 nitrogen and oxygen atoms in total. The van der Waals surface area contributed by atoms with Gasteiger partial charge >= 0.3 is 0 Å². The van der Waals surface area contributed by atoms with Gasteiger partial charge in [0.05, 0.1) is 11.9 Å². The van der Waals surface area contributed by atoms with E-state index in [1.165, 1.54) is 23.6 Å². The summed E-state index contributed by atoms with van der Waals surface area (Å²) in [5.74, 6) is 2.25. The third-order valence-corrected chi connectivity index (χ3v) is 3.73. The average Bonchev–Trinajstić information content (AvgIpc) is 2.81. The Kier molecular flexibility index (Phi) is 5.48. The van der Waals surface area contributed by atoms with E-state index in [0.29, 0.717) is 0 Å². The van der Waals surface area contributed by atoms with Crippen molar-refractivity contribution in [3.8, 4) is 5.69 Å². The molecule has 0 aliphatic carbocycles. The lowest BCUT2D eigenvalue weighted by Gasteiger charge is -2.11. The smallest absolute Gasteiger partial charge is 0.110 e. The molecule has 0 fully saturated rings. The maximum absolute atomic E-state index is 4.43. The molecule has 1 heterocycles. The molecule has 0 unspecified atom stereocenters. The molecule has 0 atom stereocenters. The van der Waals surface area contributed by atoms with Gasteiger partial charge in [0, 0.05) is 12.2 Å². The molecule has 1 aromatic heterocycles. The van der Waals surface area contributed by atoms with Crippen molar-refractivity contribution in [2.45, 2.75) is 19.9 Å². The number of hydrogen-bond donors (Lipinski definition) is 1. The van der Waals surface area contributed by atoms with Gasteiger partial charge in [-0.25, -0.2) is 4.98 Å². The number of para-hydroxylation sites is 1. The molecule has 2 aromatic rings. The summed E-state index contributed by atoms with van der Waals surface area (Å²) in [5.41, 5.74) is 2.39. The van der Waals surface area contributed by atoms with E-state index in [0.717, 1.165) is 18.9 Å². The number of imidazole rings is 1. The number of aromatic nitrogens is 2. The molecule has 0 bridgehead atoms. The van der Waals surface area contributed by atoms with Gasteiger partial charge in [-0.3, -0.25) is 4.57 Å². The van der Waals surface area contributed by atoms with Gasteiger partial charge in [-0.2, -0.15) is 11.8 Å². The normalized spacial score (nSPS) is 10.8. The van der Waals surface area contributed by atoms with Crippen molar-refractivity contribution in [1.82, 2.24) is 14.9 Å². The fourth-order valence-corrected chi connectivity index (χ4v) is 2.54. The highest BCUT2D eigenvalue weighted by molar-refractivity contribution is 7.98. The summed E-state index contributed by atoms with van der Waals surface area (Å²) in [6.45, 7) is 3.97. The Labute approximate surface area is 119 Å². The average molecular weight is 275 g/mol. The first kappa shape index (κ1) is 14.2. The second-order valence-electron chi connectivity index (χ2n) is 4.49. The first-order chi connectivity index (χ1) is 9.33. The third kappa shape index (κ3) is 3.85. The highest BCUT2D eigenvalue weighted by atomic mass is 32.2. The van der Waals surface area contributed by atoms with Crippen molar-refractivity contribution in [3.63, 3.8) is 0 Å². The minimum atomic E-state index is 0.865. The van der Waals surface area contributed by atoms with Gasteiger partial charge in [-0.05, 0) is 44.0 Å². The number of nitrogens with zero attached hydrogens (tertiary/aromatic N) is 2. The molecule has 4 heteroatoms. The van der Waals surface area contributed by atoms with Gasteiger partial charge in [-0.15, -0.1) is 0 Å². The minimum Gasteiger partial charge on any atom is -0.311 e. The van der Waals surface area contributed by atoms with Gasteiger partial charge in [0.1, 0.15) is 5.82 Å². The van der Waals surface area contributed by atoms with E-state index in [1.54, 1.807) is 0 Å². The van der Waals surface area contributed by atoms with Crippen LogP contribution in [-0.2, 0) is 6.54 Å². The maximum atomic E-state index is 4.43. The van der Waals surface area contributed by atoms with E-state index in [9.17, 15) is 0 Å². The SMILES string of the molecule is CSCCCNCc1cnc(C)n1-c1ccccc1. The van der Waals surface area contributed by atoms with E-state index in [2.05, 4.69) is 45.4 Å². The number of hydrogen-bond acceptors (Lipinski definition) is 3. The van der Waals surface area contributed by atoms with Gasteiger partial charge in [0.15, 0.2) is 0 Å². The van der Waals surface area contributed by atoms with Crippen LogP contribution in [0.5, 0.6) is 0 Å². The van der Waals surface area contributed by atoms with Gasteiger partial charge in [0.2, 0.25) is 0 Å². The molecule has 1 N–H and O–H groups in total. The Balaban J connectivity index is 2.02. The predicted molar refractivity (Wildman–Crippen MR) is 83.0 cm³/mol. The Hall–Kier alpha value is -1.26. The zero-order valence-corrected chi connectivity index (χ0v) is 12.4. The first-order valence-corrected chi connectivity index (χ1v) is 8.00. The molecule has 102 valence electrons. The second kappa shape index (κ2) is 7.36. The van der Waals surface area contributed by atoms with Crippen LogP contribution in [0.4, 0.5) is 0 Å². The van der Waals surface area contributed by atoms with Gasteiger partial charge in [0.25, 0.3) is 0 Å². The predicted octanol–water partition coefficient (Wildman–Crippen LogP) is 3.02. The van der Waals surface area contributed by atoms with Gasteiger partial charge in [-0.1, -0.05) is 18.2 Å². The van der Waals surface area contributed by atoms with E-state index in [1.807, 2.05) is 30.9 Å². The lowest BCUT2D eigenvalue weighted by atomic mass is 10.3. The Bertz CT molecular complexity index is 493. The van der Waals surface area contributed by atoms with Crippen LogP contribution >= 0.6 is 11.8 Å². The van der Waals surface area contributed by atoms with E-state index >= 15 is 0 Å². The van der Waals surface area contributed by atoms with E-state index in [-0.39, 0.29) is 0 Å². The highest BCUT2D eigenvalue weighted by Gasteiger charge is 2.07. The monoisotopic (exact) mass is 275 g/mol. The highest BCUT2D eigenvalue weighted by Crippen LogP contribution is 2.14. The van der Waals surface area contributed by atoms with Crippen LogP contribution in [0.25, 0.3) is 5.69 Å². The fraction of sp³-hybridized carbons (Fsp3) is 0.400. The molecule has 0 aliphatic heterocycles. The molecule has 0 spiro atoms. The van der Waals surface area contributed by atoms with Crippen molar-refractivity contribution < 1.29 is 0 Å². The number of nitrogens with one attached hydrogen (secondary N) is 1. The number of thioether (sulfide) groups is 1. The number of aryl methyl sites for hydroxylation is 1. The van der Waals surface area contributed by atoms with Crippen LogP contribution < -0.4 is 5.32 Å². The van der Waals surface area contributed by atoms with Crippen LogP contribution in [0, 0.1) is 6.92 Å². The van der Waals surface area contributed by atoms with Crippen molar-refractivity contribution in [2.24, 2.45) is 0 Å². The summed E-state index contributed by atoms with van der Waals surface area (Å²) in [4.78, 5) is 4.43. The van der Waals surface area contributed by atoms with Crippen molar-refractivity contribution in [1.29, 1.82) is 0 Å². The lowest BCUT2D eigenvalue weighted by molar-refractivity contribution is 0.657.